The van der Waals surface area contributed by atoms with E-state index >= 15 is 0 Å². The molecule has 2 aliphatic carbocycles. The average molecular weight is 134 g/mol. The molecule has 0 saturated heterocycles. The monoisotopic (exact) mass is 134 g/mol. The molecular weight excluding hydrogens is 120 g/mol. The van der Waals surface area contributed by atoms with E-state index in [0.717, 1.165) is 0 Å². The van der Waals surface area contributed by atoms with Crippen molar-refractivity contribution >= 4 is 0 Å². The van der Waals surface area contributed by atoms with Crippen LogP contribution in [-0.2, 0) is 0 Å². The van der Waals surface area contributed by atoms with Crippen molar-refractivity contribution in [1.29, 1.82) is 0 Å². The van der Waals surface area contributed by atoms with Crippen LogP contribution in [0.25, 0.3) is 0 Å². The summed E-state index contributed by atoms with van der Waals surface area (Å²) in [5, 5.41) is 0. The number of terminal acetylenes is 1. The summed E-state index contributed by atoms with van der Waals surface area (Å²) < 4.78 is 0. The summed E-state index contributed by atoms with van der Waals surface area (Å²) >= 11 is 0. The molecule has 2 saturated carbocycles. The highest BCUT2D eigenvalue weighted by atomic mass is 14.5. The maximum Gasteiger partial charge on any atom is 0.0256 e. The van der Waals surface area contributed by atoms with E-state index in [2.05, 4.69) is 5.92 Å². The highest BCUT2D eigenvalue weighted by Crippen LogP contribution is 2.59. The minimum atomic E-state index is 0.640. The molecule has 0 aromatic carbocycles. The van der Waals surface area contributed by atoms with Gasteiger partial charge in [-0.1, -0.05) is 12.8 Å². The van der Waals surface area contributed by atoms with Crippen molar-refractivity contribution in [2.24, 2.45) is 11.3 Å². The number of hydrogen-bond donors (Lipinski definition) is 0. The summed E-state index contributed by atoms with van der Waals surface area (Å²) in [5.41, 5.74) is 0.660. The Morgan fingerprint density at radius 2 is 2.00 bits per heavy atom. The standard InChI is InChI=1S/C10H14/c1-2-9-5-3-4-6-10(9)7-8-10/h1,9H,3-8H2/t9-/m1/s1. The van der Waals surface area contributed by atoms with Crippen LogP contribution in [0.1, 0.15) is 38.5 Å². The van der Waals surface area contributed by atoms with Gasteiger partial charge in [0.25, 0.3) is 0 Å². The van der Waals surface area contributed by atoms with Crippen LogP contribution in [0.4, 0.5) is 0 Å². The van der Waals surface area contributed by atoms with Gasteiger partial charge >= 0.3 is 0 Å². The van der Waals surface area contributed by atoms with E-state index in [1.807, 2.05) is 0 Å². The van der Waals surface area contributed by atoms with Crippen LogP contribution in [-0.4, -0.2) is 0 Å². The first-order valence-corrected chi connectivity index (χ1v) is 4.33. The molecule has 1 atom stereocenters. The largest absolute Gasteiger partial charge is 0.120 e. The van der Waals surface area contributed by atoms with Crippen LogP contribution in [0.15, 0.2) is 0 Å². The minimum absolute atomic E-state index is 0.640. The highest BCUT2D eigenvalue weighted by molar-refractivity contribution is 5.11. The van der Waals surface area contributed by atoms with Gasteiger partial charge in [0, 0.05) is 5.92 Å². The molecule has 0 aromatic rings. The molecule has 0 heterocycles. The van der Waals surface area contributed by atoms with Gasteiger partial charge in [-0.25, -0.2) is 0 Å². The molecule has 0 aromatic heterocycles. The number of hydrogen-bond acceptors (Lipinski definition) is 0. The lowest BCUT2D eigenvalue weighted by atomic mass is 9.77. The Balaban J connectivity index is 2.09. The molecule has 54 valence electrons. The molecule has 2 rings (SSSR count). The van der Waals surface area contributed by atoms with Gasteiger partial charge in [0.05, 0.1) is 0 Å². The fourth-order valence-electron chi connectivity index (χ4n) is 2.33. The van der Waals surface area contributed by atoms with Crippen LogP contribution in [0.2, 0.25) is 0 Å². The molecule has 10 heavy (non-hydrogen) atoms. The minimum Gasteiger partial charge on any atom is -0.120 e. The molecular formula is C10H14. The number of rotatable bonds is 0. The highest BCUT2D eigenvalue weighted by Gasteiger charge is 2.49. The molecule has 0 aliphatic heterocycles. The fraction of sp³-hybridized carbons (Fsp3) is 0.800. The van der Waals surface area contributed by atoms with E-state index in [4.69, 9.17) is 6.42 Å². The van der Waals surface area contributed by atoms with Crippen LogP contribution in [0.5, 0.6) is 0 Å². The zero-order valence-corrected chi connectivity index (χ0v) is 6.40. The fourth-order valence-corrected chi connectivity index (χ4v) is 2.33. The van der Waals surface area contributed by atoms with Crippen LogP contribution in [0.3, 0.4) is 0 Å². The van der Waals surface area contributed by atoms with Gasteiger partial charge in [-0.3, -0.25) is 0 Å². The molecule has 2 fully saturated rings. The van der Waals surface area contributed by atoms with Crippen LogP contribution in [0, 0.1) is 23.7 Å². The second kappa shape index (κ2) is 2.02. The van der Waals surface area contributed by atoms with E-state index in [9.17, 15) is 0 Å². The summed E-state index contributed by atoms with van der Waals surface area (Å²) in [6.45, 7) is 0. The third-order valence-electron chi connectivity index (χ3n) is 3.25. The van der Waals surface area contributed by atoms with Crippen molar-refractivity contribution < 1.29 is 0 Å². The Hall–Kier alpha value is -0.440. The van der Waals surface area contributed by atoms with Gasteiger partial charge in [-0.05, 0) is 31.1 Å². The Bertz CT molecular complexity index is 169. The predicted octanol–water partition coefficient (Wildman–Crippen LogP) is 2.59. The molecule has 0 unspecified atom stereocenters. The third kappa shape index (κ3) is 0.770. The molecule has 2 aliphatic rings. The molecule has 0 heteroatoms. The molecule has 0 radical (unpaired) electrons. The van der Waals surface area contributed by atoms with E-state index in [1.165, 1.54) is 38.5 Å². The van der Waals surface area contributed by atoms with Crippen molar-refractivity contribution in [2.45, 2.75) is 38.5 Å². The quantitative estimate of drug-likeness (QED) is 0.447. The predicted molar refractivity (Wildman–Crippen MR) is 42.5 cm³/mol. The van der Waals surface area contributed by atoms with Gasteiger partial charge < -0.3 is 0 Å². The van der Waals surface area contributed by atoms with Crippen molar-refractivity contribution in [2.75, 3.05) is 0 Å². The van der Waals surface area contributed by atoms with Gasteiger partial charge in [0.2, 0.25) is 0 Å². The first-order valence-electron chi connectivity index (χ1n) is 4.33. The Kier molecular flexibility index (Phi) is 1.27. The Labute approximate surface area is 63.0 Å². The average Bonchev–Trinajstić information content (AvgIpc) is 2.71. The maximum absolute atomic E-state index is 5.47. The molecule has 1 spiro atoms. The summed E-state index contributed by atoms with van der Waals surface area (Å²) in [7, 11) is 0. The Morgan fingerprint density at radius 3 is 2.50 bits per heavy atom. The van der Waals surface area contributed by atoms with Crippen molar-refractivity contribution in [3.63, 3.8) is 0 Å². The molecule has 0 amide bonds. The zero-order valence-electron chi connectivity index (χ0n) is 6.40. The maximum atomic E-state index is 5.47. The van der Waals surface area contributed by atoms with E-state index in [1.54, 1.807) is 0 Å². The lowest BCUT2D eigenvalue weighted by molar-refractivity contribution is 0.269. The molecule has 0 nitrogen and oxygen atoms in total. The molecule has 0 bridgehead atoms. The van der Waals surface area contributed by atoms with E-state index in [-0.39, 0.29) is 0 Å². The van der Waals surface area contributed by atoms with E-state index < -0.39 is 0 Å². The smallest absolute Gasteiger partial charge is 0.0256 e. The second-order valence-electron chi connectivity index (χ2n) is 3.83. The van der Waals surface area contributed by atoms with Gasteiger partial charge in [0.1, 0.15) is 0 Å². The SMILES string of the molecule is C#C[C@@H]1CCCCC12CC2. The zero-order chi connectivity index (χ0) is 7.03. The van der Waals surface area contributed by atoms with E-state index in [0.29, 0.717) is 11.3 Å². The third-order valence-corrected chi connectivity index (χ3v) is 3.25. The lowest BCUT2D eigenvalue weighted by Gasteiger charge is -2.27. The topological polar surface area (TPSA) is 0 Å². The second-order valence-corrected chi connectivity index (χ2v) is 3.83. The van der Waals surface area contributed by atoms with Crippen molar-refractivity contribution in [3.8, 4) is 12.3 Å². The first kappa shape index (κ1) is 6.28. The van der Waals surface area contributed by atoms with Gasteiger partial charge in [-0.15, -0.1) is 12.3 Å². The summed E-state index contributed by atoms with van der Waals surface area (Å²) in [6.07, 6.45) is 13.8. The normalized spacial score (nSPS) is 35.3. The molecule has 0 N–H and O–H groups in total. The first-order chi connectivity index (χ1) is 4.87. The summed E-state index contributed by atoms with van der Waals surface area (Å²) in [5.74, 6) is 3.60. The lowest BCUT2D eigenvalue weighted by Crippen LogP contribution is -2.18. The summed E-state index contributed by atoms with van der Waals surface area (Å²) in [6, 6.07) is 0. The van der Waals surface area contributed by atoms with Gasteiger partial charge in [-0.2, -0.15) is 0 Å². The Morgan fingerprint density at radius 1 is 1.20 bits per heavy atom. The van der Waals surface area contributed by atoms with Crippen LogP contribution < -0.4 is 0 Å². The summed E-state index contributed by atoms with van der Waals surface area (Å²) in [4.78, 5) is 0. The van der Waals surface area contributed by atoms with Crippen molar-refractivity contribution in [3.05, 3.63) is 0 Å². The van der Waals surface area contributed by atoms with Crippen LogP contribution >= 0.6 is 0 Å². The van der Waals surface area contributed by atoms with Crippen molar-refractivity contribution in [1.82, 2.24) is 0 Å². The van der Waals surface area contributed by atoms with Gasteiger partial charge in [0.15, 0.2) is 0 Å².